The van der Waals surface area contributed by atoms with Crippen molar-refractivity contribution in [2.75, 3.05) is 20.1 Å². The summed E-state index contributed by atoms with van der Waals surface area (Å²) in [5.74, 6) is 0.0653. The molecule has 6 nitrogen and oxygen atoms in total. The number of ether oxygens (including phenoxy) is 1. The molecule has 1 unspecified atom stereocenters. The van der Waals surface area contributed by atoms with Crippen LogP contribution in [0.15, 0.2) is 16.7 Å². The van der Waals surface area contributed by atoms with Crippen molar-refractivity contribution in [3.8, 4) is 0 Å². The molecule has 2 heterocycles. The second kappa shape index (κ2) is 5.89. The van der Waals surface area contributed by atoms with E-state index in [0.29, 0.717) is 18.7 Å². The van der Waals surface area contributed by atoms with Gasteiger partial charge in [-0.3, -0.25) is 9.59 Å². The molecule has 0 saturated heterocycles. The van der Waals surface area contributed by atoms with Gasteiger partial charge in [0.2, 0.25) is 5.91 Å². The summed E-state index contributed by atoms with van der Waals surface area (Å²) in [5, 5.41) is 2.95. The predicted molar refractivity (Wildman–Crippen MR) is 76.6 cm³/mol. The molecule has 1 aromatic rings. The summed E-state index contributed by atoms with van der Waals surface area (Å²) in [6.07, 6.45) is 2.25. The number of carbonyl (C=O) groups is 2. The lowest BCUT2D eigenvalue weighted by Crippen LogP contribution is -2.43. The highest BCUT2D eigenvalue weighted by Crippen LogP contribution is 2.25. The second-order valence-electron chi connectivity index (χ2n) is 6.13. The molecule has 1 amide bonds. The zero-order valence-electron chi connectivity index (χ0n) is 12.9. The molecular formula is C15H22N2O4. The van der Waals surface area contributed by atoms with Crippen molar-refractivity contribution in [3.63, 3.8) is 0 Å². The molecule has 1 aliphatic heterocycles. The first-order valence-corrected chi connectivity index (χ1v) is 7.06. The van der Waals surface area contributed by atoms with Gasteiger partial charge in [0.1, 0.15) is 23.9 Å². The van der Waals surface area contributed by atoms with Gasteiger partial charge < -0.3 is 19.4 Å². The molecule has 21 heavy (non-hydrogen) atoms. The molecule has 0 saturated carbocycles. The van der Waals surface area contributed by atoms with E-state index in [1.807, 2.05) is 6.07 Å². The third-order valence-corrected chi connectivity index (χ3v) is 3.28. The maximum atomic E-state index is 12.5. The number of hydrogen-bond donors (Lipinski definition) is 1. The van der Waals surface area contributed by atoms with Gasteiger partial charge in [-0.15, -0.1) is 0 Å². The smallest absolute Gasteiger partial charge is 0.326 e. The van der Waals surface area contributed by atoms with Crippen LogP contribution in [0.3, 0.4) is 0 Å². The molecule has 1 aromatic heterocycles. The van der Waals surface area contributed by atoms with E-state index in [2.05, 4.69) is 5.32 Å². The summed E-state index contributed by atoms with van der Waals surface area (Å²) < 4.78 is 10.7. The topological polar surface area (TPSA) is 71.8 Å². The van der Waals surface area contributed by atoms with E-state index in [0.717, 1.165) is 5.56 Å². The predicted octanol–water partition coefficient (Wildman–Crippen LogP) is 1.27. The monoisotopic (exact) mass is 294 g/mol. The van der Waals surface area contributed by atoms with Gasteiger partial charge in [-0.05, 0) is 45.9 Å². The van der Waals surface area contributed by atoms with Gasteiger partial charge in [0, 0.05) is 6.54 Å². The van der Waals surface area contributed by atoms with Crippen molar-refractivity contribution >= 4 is 11.9 Å². The zero-order valence-corrected chi connectivity index (χ0v) is 12.9. The van der Waals surface area contributed by atoms with Crippen molar-refractivity contribution in [1.82, 2.24) is 10.2 Å². The Kier molecular flexibility index (Phi) is 4.37. The van der Waals surface area contributed by atoms with Gasteiger partial charge in [0.25, 0.3) is 0 Å². The molecule has 0 aromatic carbocycles. The van der Waals surface area contributed by atoms with Crippen LogP contribution in [0, 0.1) is 0 Å². The molecule has 6 heteroatoms. The van der Waals surface area contributed by atoms with Crippen LogP contribution in [0.4, 0.5) is 0 Å². The minimum atomic E-state index is -0.556. The minimum absolute atomic E-state index is 0.0431. The van der Waals surface area contributed by atoms with Gasteiger partial charge in [0.15, 0.2) is 0 Å². The van der Waals surface area contributed by atoms with E-state index in [1.165, 1.54) is 4.90 Å². The average Bonchev–Trinajstić information content (AvgIpc) is 2.77. The Labute approximate surface area is 124 Å². The molecule has 2 rings (SSSR count). The van der Waals surface area contributed by atoms with Crippen LogP contribution in [0.1, 0.15) is 38.1 Å². The Morgan fingerprint density at radius 3 is 2.86 bits per heavy atom. The Morgan fingerprint density at radius 2 is 2.24 bits per heavy atom. The third-order valence-electron chi connectivity index (χ3n) is 3.28. The van der Waals surface area contributed by atoms with Crippen LogP contribution in [0.2, 0.25) is 0 Å². The van der Waals surface area contributed by atoms with Crippen LogP contribution in [-0.2, 0) is 20.7 Å². The minimum Gasteiger partial charge on any atom is -0.467 e. The highest BCUT2D eigenvalue weighted by Gasteiger charge is 2.33. The molecule has 0 fully saturated rings. The standard InChI is InChI=1S/C15H22N2O4/c1-15(2,3)21-11(18)9-17-7-5-10-6-8-20-13(10)12(16-4)14(17)19/h6,8,12,16H,5,7,9H2,1-4H3. The van der Waals surface area contributed by atoms with Crippen LogP contribution < -0.4 is 5.32 Å². The number of esters is 1. The van der Waals surface area contributed by atoms with Gasteiger partial charge in [0.05, 0.1) is 6.26 Å². The molecule has 0 aliphatic carbocycles. The molecule has 1 N–H and O–H groups in total. The first kappa shape index (κ1) is 15.6. The number of nitrogens with zero attached hydrogens (tertiary/aromatic N) is 1. The number of furan rings is 1. The van der Waals surface area contributed by atoms with Gasteiger partial charge in [-0.2, -0.15) is 0 Å². The average molecular weight is 294 g/mol. The van der Waals surface area contributed by atoms with Crippen molar-refractivity contribution in [2.24, 2.45) is 0 Å². The summed E-state index contributed by atoms with van der Waals surface area (Å²) in [5.41, 5.74) is 0.439. The van der Waals surface area contributed by atoms with Gasteiger partial charge in [-0.25, -0.2) is 0 Å². The quantitative estimate of drug-likeness (QED) is 0.850. The Morgan fingerprint density at radius 1 is 1.52 bits per heavy atom. The maximum absolute atomic E-state index is 12.5. The van der Waals surface area contributed by atoms with Gasteiger partial charge >= 0.3 is 5.97 Å². The lowest BCUT2D eigenvalue weighted by molar-refractivity contribution is -0.159. The molecule has 116 valence electrons. The van der Waals surface area contributed by atoms with E-state index in [1.54, 1.807) is 34.1 Å². The number of rotatable bonds is 3. The number of fused-ring (bicyclic) bond motifs is 1. The Balaban J connectivity index is 2.11. The molecule has 1 atom stereocenters. The first-order valence-electron chi connectivity index (χ1n) is 7.06. The second-order valence-corrected chi connectivity index (χ2v) is 6.13. The summed E-state index contributed by atoms with van der Waals surface area (Å²) >= 11 is 0. The summed E-state index contributed by atoms with van der Waals surface area (Å²) in [4.78, 5) is 26.0. The highest BCUT2D eigenvalue weighted by molar-refractivity contribution is 5.87. The lowest BCUT2D eigenvalue weighted by Gasteiger charge is -2.25. The Bertz CT molecular complexity index is 530. The fraction of sp³-hybridized carbons (Fsp3) is 0.600. The Hall–Kier alpha value is -1.82. The van der Waals surface area contributed by atoms with Crippen molar-refractivity contribution in [2.45, 2.75) is 38.8 Å². The maximum Gasteiger partial charge on any atom is 0.326 e. The summed E-state index contributed by atoms with van der Waals surface area (Å²) in [7, 11) is 1.70. The van der Waals surface area contributed by atoms with Gasteiger partial charge in [-0.1, -0.05) is 0 Å². The zero-order chi connectivity index (χ0) is 15.6. The largest absolute Gasteiger partial charge is 0.467 e. The van der Waals surface area contributed by atoms with Crippen LogP contribution in [0.25, 0.3) is 0 Å². The molecule has 0 radical (unpaired) electrons. The van der Waals surface area contributed by atoms with Crippen LogP contribution in [-0.4, -0.2) is 42.5 Å². The van der Waals surface area contributed by atoms with Crippen molar-refractivity contribution in [3.05, 3.63) is 23.7 Å². The number of nitrogens with one attached hydrogen (secondary N) is 1. The first-order chi connectivity index (χ1) is 9.81. The SMILES string of the molecule is CNC1C(=O)N(CC(=O)OC(C)(C)C)CCc2ccoc21. The highest BCUT2D eigenvalue weighted by atomic mass is 16.6. The molecule has 1 aliphatic rings. The normalized spacial score (nSPS) is 19.1. The van der Waals surface area contributed by atoms with E-state index in [4.69, 9.17) is 9.15 Å². The summed E-state index contributed by atoms with van der Waals surface area (Å²) in [6, 6.07) is 1.31. The molecule has 0 spiro atoms. The fourth-order valence-corrected chi connectivity index (χ4v) is 2.41. The van der Waals surface area contributed by atoms with Crippen molar-refractivity contribution in [1.29, 1.82) is 0 Å². The van der Waals surface area contributed by atoms with Crippen LogP contribution >= 0.6 is 0 Å². The van der Waals surface area contributed by atoms with E-state index < -0.39 is 17.6 Å². The lowest BCUT2D eigenvalue weighted by atomic mass is 10.1. The van der Waals surface area contributed by atoms with Crippen LogP contribution in [0.5, 0.6) is 0 Å². The van der Waals surface area contributed by atoms with E-state index in [-0.39, 0.29) is 12.5 Å². The molecular weight excluding hydrogens is 272 g/mol. The fourth-order valence-electron chi connectivity index (χ4n) is 2.41. The summed E-state index contributed by atoms with van der Waals surface area (Å²) in [6.45, 7) is 5.85. The third kappa shape index (κ3) is 3.64. The molecule has 0 bridgehead atoms. The van der Waals surface area contributed by atoms with Crippen molar-refractivity contribution < 1.29 is 18.7 Å². The number of amides is 1. The number of likely N-dealkylation sites (N-methyl/N-ethyl adjacent to an activating group) is 1. The number of hydrogen-bond acceptors (Lipinski definition) is 5. The number of carbonyl (C=O) groups excluding carboxylic acids is 2. The van der Waals surface area contributed by atoms with E-state index in [9.17, 15) is 9.59 Å². The van der Waals surface area contributed by atoms with E-state index >= 15 is 0 Å².